The molecule has 1 N–H and O–H groups in total. The van der Waals surface area contributed by atoms with Gasteiger partial charge in [0.15, 0.2) is 12.1 Å². The molecular weight excluding hydrogens is 534 g/mol. The summed E-state index contributed by atoms with van der Waals surface area (Å²) in [6.45, 7) is 24.6. The quantitative estimate of drug-likeness (QED) is 0.0945. The average Bonchev–Trinajstić information content (AvgIpc) is 2.97. The molecular formula is C38H63NO4. The normalized spacial score (nSPS) is 9.33. The summed E-state index contributed by atoms with van der Waals surface area (Å²) in [7, 11) is 0. The topological polar surface area (TPSA) is 64.6 Å². The molecule has 1 rings (SSSR count). The maximum Gasteiger partial charge on any atom is 0.192 e. The number of ether oxygens (including phenoxy) is 2. The predicted molar refractivity (Wildman–Crippen MR) is 187 cm³/mol. The van der Waals surface area contributed by atoms with E-state index in [1.807, 2.05) is 39.8 Å². The Hall–Kier alpha value is -3.20. The fourth-order valence-corrected chi connectivity index (χ4v) is 3.08. The van der Waals surface area contributed by atoms with Gasteiger partial charge < -0.3 is 14.8 Å². The molecule has 0 unspecified atom stereocenters. The lowest BCUT2D eigenvalue weighted by atomic mass is 10.0. The third-order valence-electron chi connectivity index (χ3n) is 4.85. The summed E-state index contributed by atoms with van der Waals surface area (Å²) < 4.78 is 12.2. The average molecular weight is 598 g/mol. The number of nitrogens with one attached hydrogen (secondary N) is 1. The van der Waals surface area contributed by atoms with Crippen LogP contribution in [0.15, 0.2) is 12.1 Å². The molecule has 0 radical (unpaired) electrons. The first-order valence-electron chi connectivity index (χ1n) is 15.9. The second kappa shape index (κ2) is 33.3. The molecule has 0 aliphatic carbocycles. The highest BCUT2D eigenvalue weighted by atomic mass is 16.5. The molecule has 0 aliphatic heterocycles. The third-order valence-corrected chi connectivity index (χ3v) is 4.85. The number of terminal acetylenes is 3. The molecule has 244 valence electrons. The SMILES string of the molecule is C#CC=O.C#CCCCCOc1cc(C(C)=O)cc(OCCCCC#C)c1CCCNC(C)(C)C.CC.CC.CC(C)C. The Kier molecular flexibility index (Phi) is 36.2. The highest BCUT2D eigenvalue weighted by molar-refractivity contribution is 5.95. The number of Topliss-reactive ketones (excluding diaryl/α,β-unsaturated/α-hetero) is 1. The van der Waals surface area contributed by atoms with Crippen LogP contribution in [0.4, 0.5) is 0 Å². The van der Waals surface area contributed by atoms with Gasteiger partial charge in [-0.3, -0.25) is 9.59 Å². The van der Waals surface area contributed by atoms with Crippen molar-refractivity contribution in [3.63, 3.8) is 0 Å². The molecule has 0 aromatic heterocycles. The lowest BCUT2D eigenvalue weighted by Gasteiger charge is -2.21. The summed E-state index contributed by atoms with van der Waals surface area (Å²) in [5, 5.41) is 3.52. The molecule has 0 spiro atoms. The van der Waals surface area contributed by atoms with E-state index in [1.165, 1.54) is 0 Å². The Morgan fingerprint density at radius 3 is 1.56 bits per heavy atom. The van der Waals surface area contributed by atoms with E-state index < -0.39 is 0 Å². The lowest BCUT2D eigenvalue weighted by Crippen LogP contribution is -2.36. The Morgan fingerprint density at radius 1 is 0.860 bits per heavy atom. The van der Waals surface area contributed by atoms with Crippen LogP contribution in [0.5, 0.6) is 11.5 Å². The summed E-state index contributed by atoms with van der Waals surface area (Å²) in [5.41, 5.74) is 1.70. The number of hydrogen-bond acceptors (Lipinski definition) is 5. The molecule has 1 aromatic rings. The molecule has 0 saturated carbocycles. The molecule has 43 heavy (non-hydrogen) atoms. The Morgan fingerprint density at radius 2 is 1.26 bits per heavy atom. The van der Waals surface area contributed by atoms with Crippen LogP contribution in [0, 0.1) is 42.9 Å². The van der Waals surface area contributed by atoms with Crippen LogP contribution in [-0.4, -0.2) is 37.4 Å². The van der Waals surface area contributed by atoms with Gasteiger partial charge in [-0.15, -0.1) is 31.1 Å². The Labute approximate surface area is 266 Å². The Balaban J connectivity index is -0.000000543. The van der Waals surface area contributed by atoms with Crippen LogP contribution >= 0.6 is 0 Å². The van der Waals surface area contributed by atoms with Gasteiger partial charge in [-0.05, 0) is 96.7 Å². The Bertz CT molecular complexity index is 889. The molecule has 0 bridgehead atoms. The van der Waals surface area contributed by atoms with Crippen molar-refractivity contribution in [3.05, 3.63) is 23.3 Å². The monoisotopic (exact) mass is 597 g/mol. The van der Waals surface area contributed by atoms with Crippen molar-refractivity contribution >= 4 is 12.1 Å². The summed E-state index contributed by atoms with van der Waals surface area (Å²) in [6.07, 6.45) is 22.3. The van der Waals surface area contributed by atoms with Crippen molar-refractivity contribution in [2.75, 3.05) is 19.8 Å². The van der Waals surface area contributed by atoms with E-state index in [4.69, 9.17) is 27.1 Å². The van der Waals surface area contributed by atoms with Crippen LogP contribution in [0.2, 0.25) is 0 Å². The van der Waals surface area contributed by atoms with Crippen molar-refractivity contribution in [2.24, 2.45) is 5.92 Å². The smallest absolute Gasteiger partial charge is 0.192 e. The van der Waals surface area contributed by atoms with Gasteiger partial charge in [0.1, 0.15) is 11.5 Å². The largest absolute Gasteiger partial charge is 0.493 e. The zero-order valence-electron chi connectivity index (χ0n) is 29.5. The van der Waals surface area contributed by atoms with Gasteiger partial charge in [0, 0.05) is 29.5 Å². The molecule has 0 heterocycles. The fourth-order valence-electron chi connectivity index (χ4n) is 3.08. The molecule has 1 aromatic carbocycles. The summed E-state index contributed by atoms with van der Waals surface area (Å²) in [4.78, 5) is 21.0. The number of rotatable bonds is 15. The van der Waals surface area contributed by atoms with Crippen molar-refractivity contribution in [3.8, 4) is 48.5 Å². The molecule has 0 aliphatic rings. The number of aldehydes is 1. The third kappa shape index (κ3) is 33.2. The lowest BCUT2D eigenvalue weighted by molar-refractivity contribution is -0.103. The van der Waals surface area contributed by atoms with Crippen molar-refractivity contribution in [1.29, 1.82) is 0 Å². The number of ketones is 1. The first-order chi connectivity index (χ1) is 20.4. The standard InChI is InChI=1S/C27H39NO3.C4H10.C3H2O.2C2H6/c1-7-9-11-13-18-30-25-20-23(22(3)29)21-26(31-19-14-12-10-8-2)24(25)16-15-17-28-27(4,5)6;1-4(2)3;1-2-3-4;2*1-2/h1-2,20-21,28H,9-19H2,3-6H3;4H,1-3H3;1,3H;2*1-2H3. The molecule has 0 amide bonds. The second-order valence-electron chi connectivity index (χ2n) is 10.8. The van der Waals surface area contributed by atoms with Crippen LogP contribution in [-0.2, 0) is 11.2 Å². The first-order valence-corrected chi connectivity index (χ1v) is 15.9. The van der Waals surface area contributed by atoms with Gasteiger partial charge in [-0.2, -0.15) is 0 Å². The number of unbranched alkanes of at least 4 members (excludes halogenated alkanes) is 4. The zero-order chi connectivity index (χ0) is 34.1. The summed E-state index contributed by atoms with van der Waals surface area (Å²) >= 11 is 0. The van der Waals surface area contributed by atoms with E-state index in [2.05, 4.69) is 65.1 Å². The maximum absolute atomic E-state index is 12.1. The van der Waals surface area contributed by atoms with Gasteiger partial charge in [-0.1, -0.05) is 48.5 Å². The first kappa shape index (κ1) is 46.7. The highest BCUT2D eigenvalue weighted by Gasteiger charge is 2.16. The van der Waals surface area contributed by atoms with Crippen LogP contribution in [0.1, 0.15) is 137 Å². The van der Waals surface area contributed by atoms with Crippen molar-refractivity contribution < 1.29 is 19.1 Å². The van der Waals surface area contributed by atoms with E-state index in [9.17, 15) is 4.79 Å². The number of hydrogen-bond donors (Lipinski definition) is 1. The second-order valence-corrected chi connectivity index (χ2v) is 10.8. The van der Waals surface area contributed by atoms with E-state index >= 15 is 0 Å². The van der Waals surface area contributed by atoms with Gasteiger partial charge in [0.05, 0.1) is 13.2 Å². The molecule has 5 heteroatoms. The highest BCUT2D eigenvalue weighted by Crippen LogP contribution is 2.33. The van der Waals surface area contributed by atoms with E-state index in [0.29, 0.717) is 25.1 Å². The fraction of sp³-hybridized carbons (Fsp3) is 0.632. The minimum Gasteiger partial charge on any atom is -0.493 e. The summed E-state index contributed by atoms with van der Waals surface area (Å²) in [6, 6.07) is 3.70. The van der Waals surface area contributed by atoms with E-state index in [1.54, 1.807) is 12.8 Å². The van der Waals surface area contributed by atoms with E-state index in [0.717, 1.165) is 80.9 Å². The van der Waals surface area contributed by atoms with Gasteiger partial charge >= 0.3 is 0 Å². The summed E-state index contributed by atoms with van der Waals surface area (Å²) in [5.74, 6) is 9.37. The minimum atomic E-state index is -0.00434. The maximum atomic E-state index is 12.1. The number of carbonyl (C=O) groups excluding carboxylic acids is 2. The zero-order valence-corrected chi connectivity index (χ0v) is 29.5. The van der Waals surface area contributed by atoms with Gasteiger partial charge in [0.25, 0.3) is 0 Å². The van der Waals surface area contributed by atoms with Crippen LogP contribution < -0.4 is 14.8 Å². The van der Waals surface area contributed by atoms with E-state index in [-0.39, 0.29) is 11.3 Å². The van der Waals surface area contributed by atoms with Crippen molar-refractivity contribution in [2.45, 2.75) is 133 Å². The number of carbonyl (C=O) groups is 2. The van der Waals surface area contributed by atoms with Gasteiger partial charge in [-0.25, -0.2) is 0 Å². The van der Waals surface area contributed by atoms with Crippen molar-refractivity contribution in [1.82, 2.24) is 5.32 Å². The van der Waals surface area contributed by atoms with Crippen LogP contribution in [0.3, 0.4) is 0 Å². The minimum absolute atomic E-state index is 0.00434. The molecule has 5 nitrogen and oxygen atoms in total. The van der Waals surface area contributed by atoms with Crippen LogP contribution in [0.25, 0.3) is 0 Å². The number of benzene rings is 1. The molecule has 0 fully saturated rings. The predicted octanol–water partition coefficient (Wildman–Crippen LogP) is 9.11. The molecule has 0 saturated heterocycles. The molecule has 0 atom stereocenters. The van der Waals surface area contributed by atoms with Gasteiger partial charge in [0.2, 0.25) is 0 Å².